The van der Waals surface area contributed by atoms with Gasteiger partial charge in [0.05, 0.1) is 5.69 Å². The Bertz CT molecular complexity index is 555. The summed E-state index contributed by atoms with van der Waals surface area (Å²) in [5, 5.41) is 10.3. The summed E-state index contributed by atoms with van der Waals surface area (Å²) in [5.41, 5.74) is 1.49. The fourth-order valence-corrected chi connectivity index (χ4v) is 3.11. The first-order valence-electron chi connectivity index (χ1n) is 8.53. The van der Waals surface area contributed by atoms with E-state index >= 15 is 0 Å². The van der Waals surface area contributed by atoms with Crippen molar-refractivity contribution in [3.05, 3.63) is 27.7 Å². The molecule has 124 valence electrons. The molecule has 0 bridgehead atoms. The second-order valence-corrected chi connectivity index (χ2v) is 7.24. The molecule has 4 nitrogen and oxygen atoms in total. The SMILES string of the molecule is Cc1cc(=O)c(O)c(CN2CCC(C)CC2)n1CCC(C)C. The zero-order chi connectivity index (χ0) is 16.3. The topological polar surface area (TPSA) is 45.5 Å². The van der Waals surface area contributed by atoms with E-state index in [0.29, 0.717) is 12.5 Å². The lowest BCUT2D eigenvalue weighted by Crippen LogP contribution is -2.34. The van der Waals surface area contributed by atoms with Gasteiger partial charge in [0.15, 0.2) is 5.75 Å². The van der Waals surface area contributed by atoms with Crippen molar-refractivity contribution in [2.24, 2.45) is 11.8 Å². The number of hydrogen-bond donors (Lipinski definition) is 1. The predicted octanol–water partition coefficient (Wildman–Crippen LogP) is 3.14. The summed E-state index contributed by atoms with van der Waals surface area (Å²) in [6.07, 6.45) is 3.44. The Morgan fingerprint density at radius 2 is 1.95 bits per heavy atom. The maximum Gasteiger partial charge on any atom is 0.223 e. The second-order valence-electron chi connectivity index (χ2n) is 7.24. The number of aromatic hydroxyl groups is 1. The van der Waals surface area contributed by atoms with Crippen LogP contribution in [0.25, 0.3) is 0 Å². The Balaban J connectivity index is 2.25. The van der Waals surface area contributed by atoms with Crippen LogP contribution in [0.5, 0.6) is 5.75 Å². The van der Waals surface area contributed by atoms with Crippen LogP contribution in [-0.2, 0) is 13.1 Å². The van der Waals surface area contributed by atoms with Gasteiger partial charge in [-0.3, -0.25) is 9.69 Å². The standard InChI is InChI=1S/C18H30N2O2/c1-13(2)5-10-20-15(4)11-17(21)18(22)16(20)12-19-8-6-14(3)7-9-19/h11,13-14,22H,5-10,12H2,1-4H3. The zero-order valence-corrected chi connectivity index (χ0v) is 14.4. The Kier molecular flexibility index (Phi) is 5.68. The molecule has 0 atom stereocenters. The monoisotopic (exact) mass is 306 g/mol. The highest BCUT2D eigenvalue weighted by Gasteiger charge is 2.20. The Morgan fingerprint density at radius 1 is 1.32 bits per heavy atom. The molecule has 1 aliphatic heterocycles. The smallest absolute Gasteiger partial charge is 0.223 e. The minimum absolute atomic E-state index is 0.0621. The largest absolute Gasteiger partial charge is 0.503 e. The average molecular weight is 306 g/mol. The number of hydrogen-bond acceptors (Lipinski definition) is 3. The van der Waals surface area contributed by atoms with Gasteiger partial charge in [-0.25, -0.2) is 0 Å². The summed E-state index contributed by atoms with van der Waals surface area (Å²) >= 11 is 0. The molecular formula is C18H30N2O2. The van der Waals surface area contributed by atoms with Crippen molar-refractivity contribution >= 4 is 0 Å². The van der Waals surface area contributed by atoms with Gasteiger partial charge >= 0.3 is 0 Å². The molecular weight excluding hydrogens is 276 g/mol. The molecule has 1 N–H and O–H groups in total. The third-order valence-corrected chi connectivity index (χ3v) is 4.78. The maximum absolute atomic E-state index is 12.0. The molecule has 0 aliphatic carbocycles. The molecule has 0 unspecified atom stereocenters. The maximum atomic E-state index is 12.0. The first-order chi connectivity index (χ1) is 10.4. The van der Waals surface area contributed by atoms with Crippen molar-refractivity contribution in [2.75, 3.05) is 13.1 Å². The van der Waals surface area contributed by atoms with E-state index in [-0.39, 0.29) is 11.2 Å². The lowest BCUT2D eigenvalue weighted by atomic mass is 9.99. The third kappa shape index (κ3) is 4.13. The van der Waals surface area contributed by atoms with Crippen molar-refractivity contribution in [1.29, 1.82) is 0 Å². The minimum atomic E-state index is -0.251. The zero-order valence-electron chi connectivity index (χ0n) is 14.4. The summed E-state index contributed by atoms with van der Waals surface area (Å²) in [7, 11) is 0. The highest BCUT2D eigenvalue weighted by atomic mass is 16.3. The average Bonchev–Trinajstić information content (AvgIpc) is 2.46. The van der Waals surface area contributed by atoms with Gasteiger partial charge in [0, 0.05) is 24.8 Å². The molecule has 0 saturated carbocycles. The van der Waals surface area contributed by atoms with Gasteiger partial charge in [-0.1, -0.05) is 20.8 Å². The van der Waals surface area contributed by atoms with E-state index in [2.05, 4.69) is 30.2 Å². The Hall–Kier alpha value is -1.29. The number of aromatic nitrogens is 1. The summed E-state index contributed by atoms with van der Waals surface area (Å²) in [5.74, 6) is 1.32. The molecule has 1 aliphatic rings. The molecule has 0 radical (unpaired) electrons. The van der Waals surface area contributed by atoms with E-state index < -0.39 is 0 Å². The van der Waals surface area contributed by atoms with Gasteiger partial charge < -0.3 is 9.67 Å². The molecule has 1 fully saturated rings. The van der Waals surface area contributed by atoms with E-state index in [1.54, 1.807) is 6.07 Å². The molecule has 2 rings (SSSR count). The number of nitrogens with zero attached hydrogens (tertiary/aromatic N) is 2. The van der Waals surface area contributed by atoms with Gasteiger partial charge in [0.25, 0.3) is 0 Å². The Morgan fingerprint density at radius 3 is 2.55 bits per heavy atom. The van der Waals surface area contributed by atoms with Crippen LogP contribution in [0.4, 0.5) is 0 Å². The van der Waals surface area contributed by atoms with Crippen LogP contribution in [0.1, 0.15) is 51.4 Å². The fraction of sp³-hybridized carbons (Fsp3) is 0.722. The van der Waals surface area contributed by atoms with Crippen LogP contribution in [-0.4, -0.2) is 27.7 Å². The van der Waals surface area contributed by atoms with E-state index in [1.165, 1.54) is 12.8 Å². The molecule has 4 heteroatoms. The number of likely N-dealkylation sites (tertiary alicyclic amines) is 1. The molecule has 1 aromatic rings. The first-order valence-corrected chi connectivity index (χ1v) is 8.53. The summed E-state index contributed by atoms with van der Waals surface area (Å²) in [6.45, 7) is 12.3. The van der Waals surface area contributed by atoms with E-state index in [4.69, 9.17) is 0 Å². The van der Waals surface area contributed by atoms with Crippen LogP contribution in [0.15, 0.2) is 10.9 Å². The van der Waals surface area contributed by atoms with Crippen molar-refractivity contribution in [3.8, 4) is 5.75 Å². The van der Waals surface area contributed by atoms with E-state index in [1.807, 2.05) is 6.92 Å². The second kappa shape index (κ2) is 7.32. The quantitative estimate of drug-likeness (QED) is 0.909. The lowest BCUT2D eigenvalue weighted by molar-refractivity contribution is 0.178. The highest BCUT2D eigenvalue weighted by Crippen LogP contribution is 2.22. The highest BCUT2D eigenvalue weighted by molar-refractivity contribution is 5.29. The fourth-order valence-electron chi connectivity index (χ4n) is 3.11. The molecule has 1 saturated heterocycles. The number of piperidine rings is 1. The summed E-state index contributed by atoms with van der Waals surface area (Å²) in [6, 6.07) is 1.55. The minimum Gasteiger partial charge on any atom is -0.503 e. The van der Waals surface area contributed by atoms with Gasteiger partial charge in [0.1, 0.15) is 0 Å². The molecule has 0 aromatic carbocycles. The lowest BCUT2D eigenvalue weighted by Gasteiger charge is -2.31. The third-order valence-electron chi connectivity index (χ3n) is 4.78. The number of aryl methyl sites for hydroxylation is 1. The van der Waals surface area contributed by atoms with Crippen LogP contribution in [0, 0.1) is 18.8 Å². The molecule has 1 aromatic heterocycles. The van der Waals surface area contributed by atoms with E-state index in [9.17, 15) is 9.90 Å². The van der Waals surface area contributed by atoms with Crippen LogP contribution in [0.3, 0.4) is 0 Å². The van der Waals surface area contributed by atoms with Crippen LogP contribution < -0.4 is 5.43 Å². The van der Waals surface area contributed by atoms with E-state index in [0.717, 1.165) is 43.4 Å². The van der Waals surface area contributed by atoms with Gasteiger partial charge in [-0.05, 0) is 51.1 Å². The van der Waals surface area contributed by atoms with Gasteiger partial charge in [-0.2, -0.15) is 0 Å². The van der Waals surface area contributed by atoms with Crippen LogP contribution >= 0.6 is 0 Å². The molecule has 22 heavy (non-hydrogen) atoms. The predicted molar refractivity (Wildman–Crippen MR) is 90.2 cm³/mol. The first kappa shape index (κ1) is 17.1. The normalized spacial score (nSPS) is 17.3. The van der Waals surface area contributed by atoms with Gasteiger partial charge in [-0.15, -0.1) is 0 Å². The van der Waals surface area contributed by atoms with Crippen molar-refractivity contribution < 1.29 is 5.11 Å². The van der Waals surface area contributed by atoms with Gasteiger partial charge in [0.2, 0.25) is 5.43 Å². The summed E-state index contributed by atoms with van der Waals surface area (Å²) < 4.78 is 2.13. The van der Waals surface area contributed by atoms with Crippen molar-refractivity contribution in [2.45, 2.75) is 60.0 Å². The van der Waals surface area contributed by atoms with Crippen molar-refractivity contribution in [3.63, 3.8) is 0 Å². The van der Waals surface area contributed by atoms with Crippen molar-refractivity contribution in [1.82, 2.24) is 9.47 Å². The molecule has 2 heterocycles. The number of pyridine rings is 1. The Labute approximate surface area is 133 Å². The summed E-state index contributed by atoms with van der Waals surface area (Å²) in [4.78, 5) is 14.3. The molecule has 0 spiro atoms. The number of rotatable bonds is 5. The van der Waals surface area contributed by atoms with Crippen LogP contribution in [0.2, 0.25) is 0 Å². The molecule has 0 amide bonds.